The van der Waals surface area contributed by atoms with E-state index in [0.29, 0.717) is 5.88 Å². The van der Waals surface area contributed by atoms with Gasteiger partial charge in [0.1, 0.15) is 0 Å². The SMILES string of the molecule is CSCc1cccc(CCl)c1. The molecule has 60 valence electrons. The van der Waals surface area contributed by atoms with Crippen molar-refractivity contribution in [2.45, 2.75) is 11.6 Å². The van der Waals surface area contributed by atoms with Gasteiger partial charge in [0.15, 0.2) is 0 Å². The normalized spacial score (nSPS) is 10.0. The second kappa shape index (κ2) is 4.68. The van der Waals surface area contributed by atoms with Crippen LogP contribution in [0.25, 0.3) is 0 Å². The van der Waals surface area contributed by atoms with Crippen LogP contribution in [0.2, 0.25) is 0 Å². The highest BCUT2D eigenvalue weighted by atomic mass is 35.5. The molecule has 1 aromatic rings. The molecule has 0 aliphatic carbocycles. The van der Waals surface area contributed by atoms with Gasteiger partial charge >= 0.3 is 0 Å². The van der Waals surface area contributed by atoms with Crippen molar-refractivity contribution in [1.82, 2.24) is 0 Å². The quantitative estimate of drug-likeness (QED) is 0.653. The molecule has 0 bridgehead atoms. The van der Waals surface area contributed by atoms with Crippen molar-refractivity contribution >= 4 is 23.4 Å². The zero-order valence-electron chi connectivity index (χ0n) is 6.51. The van der Waals surface area contributed by atoms with E-state index in [9.17, 15) is 0 Å². The molecule has 0 amide bonds. The molecule has 0 saturated heterocycles. The summed E-state index contributed by atoms with van der Waals surface area (Å²) < 4.78 is 0. The van der Waals surface area contributed by atoms with Gasteiger partial charge in [-0.25, -0.2) is 0 Å². The average Bonchev–Trinajstić information content (AvgIpc) is 2.06. The molecule has 0 fully saturated rings. The molecule has 1 aromatic carbocycles. The summed E-state index contributed by atoms with van der Waals surface area (Å²) in [7, 11) is 0. The molecule has 0 aliphatic rings. The summed E-state index contributed by atoms with van der Waals surface area (Å²) in [6.07, 6.45) is 2.10. The summed E-state index contributed by atoms with van der Waals surface area (Å²) in [6, 6.07) is 8.40. The molecule has 11 heavy (non-hydrogen) atoms. The minimum Gasteiger partial charge on any atom is -0.161 e. The molecule has 2 heteroatoms. The van der Waals surface area contributed by atoms with E-state index < -0.39 is 0 Å². The van der Waals surface area contributed by atoms with Crippen LogP contribution in [0.4, 0.5) is 0 Å². The van der Waals surface area contributed by atoms with Crippen molar-refractivity contribution in [2.24, 2.45) is 0 Å². The first-order valence-electron chi connectivity index (χ1n) is 3.49. The van der Waals surface area contributed by atoms with Crippen molar-refractivity contribution in [2.75, 3.05) is 6.26 Å². The molecule has 0 aliphatic heterocycles. The lowest BCUT2D eigenvalue weighted by Gasteiger charge is -1.99. The smallest absolute Gasteiger partial charge is 0.0474 e. The minimum atomic E-state index is 0.613. The predicted octanol–water partition coefficient (Wildman–Crippen LogP) is 3.29. The number of alkyl halides is 1. The van der Waals surface area contributed by atoms with E-state index in [1.54, 1.807) is 0 Å². The molecule has 0 atom stereocenters. The van der Waals surface area contributed by atoms with Crippen molar-refractivity contribution in [1.29, 1.82) is 0 Å². The third kappa shape index (κ3) is 2.76. The fraction of sp³-hybridized carbons (Fsp3) is 0.333. The van der Waals surface area contributed by atoms with Crippen molar-refractivity contribution in [3.63, 3.8) is 0 Å². The third-order valence-electron chi connectivity index (χ3n) is 1.46. The minimum absolute atomic E-state index is 0.613. The molecule has 0 unspecified atom stereocenters. The number of benzene rings is 1. The molecule has 0 spiro atoms. The van der Waals surface area contributed by atoms with Crippen molar-refractivity contribution in [3.05, 3.63) is 35.4 Å². The number of rotatable bonds is 3. The van der Waals surface area contributed by atoms with E-state index in [-0.39, 0.29) is 0 Å². The van der Waals surface area contributed by atoms with E-state index in [2.05, 4.69) is 30.5 Å². The van der Waals surface area contributed by atoms with Crippen LogP contribution >= 0.6 is 23.4 Å². The van der Waals surface area contributed by atoms with E-state index in [4.69, 9.17) is 11.6 Å². The van der Waals surface area contributed by atoms with Crippen molar-refractivity contribution in [3.8, 4) is 0 Å². The Morgan fingerprint density at radius 1 is 1.36 bits per heavy atom. The van der Waals surface area contributed by atoms with Gasteiger partial charge in [0.05, 0.1) is 0 Å². The summed E-state index contributed by atoms with van der Waals surface area (Å²) >= 11 is 7.52. The molecular weight excluding hydrogens is 176 g/mol. The molecule has 0 nitrogen and oxygen atoms in total. The fourth-order valence-electron chi connectivity index (χ4n) is 0.969. The van der Waals surface area contributed by atoms with Crippen LogP contribution in [0.15, 0.2) is 24.3 Å². The Labute approximate surface area is 77.0 Å². The summed E-state index contributed by atoms with van der Waals surface area (Å²) in [4.78, 5) is 0. The third-order valence-corrected chi connectivity index (χ3v) is 2.39. The second-order valence-corrected chi connectivity index (χ2v) is 3.52. The highest BCUT2D eigenvalue weighted by Gasteiger charge is 1.92. The van der Waals surface area contributed by atoms with Crippen LogP contribution in [0, 0.1) is 0 Å². The van der Waals surface area contributed by atoms with Crippen LogP contribution in [-0.4, -0.2) is 6.26 Å². The lowest BCUT2D eigenvalue weighted by atomic mass is 10.2. The summed E-state index contributed by atoms with van der Waals surface area (Å²) in [5, 5.41) is 0. The van der Waals surface area contributed by atoms with Gasteiger partial charge in [-0.3, -0.25) is 0 Å². The second-order valence-electron chi connectivity index (χ2n) is 2.39. The maximum Gasteiger partial charge on any atom is 0.0474 e. The highest BCUT2D eigenvalue weighted by molar-refractivity contribution is 7.97. The molecule has 0 heterocycles. The summed E-state index contributed by atoms with van der Waals surface area (Å²) in [6.45, 7) is 0. The number of hydrogen-bond donors (Lipinski definition) is 0. The Morgan fingerprint density at radius 3 is 2.73 bits per heavy atom. The lowest BCUT2D eigenvalue weighted by Crippen LogP contribution is -1.82. The zero-order valence-corrected chi connectivity index (χ0v) is 8.08. The highest BCUT2D eigenvalue weighted by Crippen LogP contribution is 2.12. The average molecular weight is 187 g/mol. The number of hydrogen-bond acceptors (Lipinski definition) is 1. The van der Waals surface area contributed by atoms with Gasteiger partial charge in [0.25, 0.3) is 0 Å². The maximum atomic E-state index is 5.69. The van der Waals surface area contributed by atoms with Gasteiger partial charge in [0, 0.05) is 11.6 Å². The lowest BCUT2D eigenvalue weighted by molar-refractivity contribution is 1.33. The number of thioether (sulfide) groups is 1. The van der Waals surface area contributed by atoms with Crippen LogP contribution < -0.4 is 0 Å². The first-order chi connectivity index (χ1) is 5.36. The largest absolute Gasteiger partial charge is 0.161 e. The van der Waals surface area contributed by atoms with Crippen LogP contribution in [0.3, 0.4) is 0 Å². The van der Waals surface area contributed by atoms with E-state index >= 15 is 0 Å². The van der Waals surface area contributed by atoms with E-state index in [1.807, 2.05) is 11.8 Å². The Balaban J connectivity index is 2.74. The summed E-state index contributed by atoms with van der Waals surface area (Å²) in [5.74, 6) is 1.69. The van der Waals surface area contributed by atoms with Gasteiger partial charge in [-0.1, -0.05) is 24.3 Å². The Kier molecular flexibility index (Phi) is 3.81. The van der Waals surface area contributed by atoms with Gasteiger partial charge < -0.3 is 0 Å². The maximum absolute atomic E-state index is 5.69. The number of halogens is 1. The first kappa shape index (κ1) is 8.95. The Morgan fingerprint density at radius 2 is 2.09 bits per heavy atom. The van der Waals surface area contributed by atoms with E-state index in [1.165, 1.54) is 11.1 Å². The van der Waals surface area contributed by atoms with Gasteiger partial charge in [-0.2, -0.15) is 11.8 Å². The summed E-state index contributed by atoms with van der Waals surface area (Å²) in [5.41, 5.74) is 2.56. The molecule has 0 aromatic heterocycles. The van der Waals surface area contributed by atoms with Gasteiger partial charge in [-0.05, 0) is 17.4 Å². The van der Waals surface area contributed by atoms with E-state index in [0.717, 1.165) is 5.75 Å². The molecular formula is C9H11ClS. The standard InChI is InChI=1S/C9H11ClS/c1-11-7-9-4-2-3-8(5-9)6-10/h2-5H,6-7H2,1H3. The molecule has 1 rings (SSSR count). The Hall–Kier alpha value is -0.140. The van der Waals surface area contributed by atoms with Crippen LogP contribution in [0.5, 0.6) is 0 Å². The predicted molar refractivity (Wildman–Crippen MR) is 53.2 cm³/mol. The molecule has 0 saturated carbocycles. The monoisotopic (exact) mass is 186 g/mol. The first-order valence-corrected chi connectivity index (χ1v) is 5.42. The van der Waals surface area contributed by atoms with Crippen molar-refractivity contribution < 1.29 is 0 Å². The molecule has 0 N–H and O–H groups in total. The molecule has 0 radical (unpaired) electrons. The topological polar surface area (TPSA) is 0 Å². The zero-order chi connectivity index (χ0) is 8.10. The van der Waals surface area contributed by atoms with Gasteiger partial charge in [-0.15, -0.1) is 11.6 Å². The fourth-order valence-corrected chi connectivity index (χ4v) is 1.65. The van der Waals surface area contributed by atoms with Gasteiger partial charge in [0.2, 0.25) is 0 Å². The Bertz CT molecular complexity index is 223. The van der Waals surface area contributed by atoms with Crippen LogP contribution in [-0.2, 0) is 11.6 Å². The van der Waals surface area contributed by atoms with Crippen LogP contribution in [0.1, 0.15) is 11.1 Å².